The van der Waals surface area contributed by atoms with Gasteiger partial charge in [-0.3, -0.25) is 4.79 Å². The molecule has 0 aliphatic heterocycles. The molecule has 0 aliphatic rings. The Hall–Kier alpha value is -0.950. The number of halogens is 1. The molecule has 23 heavy (non-hydrogen) atoms. The van der Waals surface area contributed by atoms with Crippen molar-refractivity contribution in [2.75, 3.05) is 53.2 Å². The predicted molar refractivity (Wildman–Crippen MR) is 82.0 cm³/mol. The van der Waals surface area contributed by atoms with E-state index in [2.05, 4.69) is 36.7 Å². The van der Waals surface area contributed by atoms with Gasteiger partial charge in [0.25, 0.3) is 0 Å². The molecule has 0 aromatic heterocycles. The fraction of sp³-hybridized carbons (Fsp3) is 0.750. The van der Waals surface area contributed by atoms with Crippen LogP contribution in [0, 0.1) is 0 Å². The summed E-state index contributed by atoms with van der Waals surface area (Å²) in [6.45, 7) is 2.58. The number of carbonyl (C=O) groups is 1. The van der Waals surface area contributed by atoms with E-state index in [1.54, 1.807) is 0 Å². The average molecular weight is 403 g/mol. The fourth-order valence-electron chi connectivity index (χ4n) is 1.05. The molecular weight excluding hydrogens is 380 g/mol. The maximum Gasteiger partial charge on any atom is 0.305 e. The van der Waals surface area contributed by atoms with Crippen LogP contribution >= 0.6 is 15.9 Å². The first kappa shape index (κ1) is 22.1. The molecule has 0 fully saturated rings. The van der Waals surface area contributed by atoms with Gasteiger partial charge >= 0.3 is 5.97 Å². The molecule has 0 saturated carbocycles. The van der Waals surface area contributed by atoms with Gasteiger partial charge in [-0.2, -0.15) is 11.0 Å². The summed E-state index contributed by atoms with van der Waals surface area (Å²) in [7, 11) is 1.42. The van der Waals surface area contributed by atoms with E-state index >= 15 is 0 Å². The first-order chi connectivity index (χ1) is 11.2. The number of aliphatic carboxylic acids is 1. The van der Waals surface area contributed by atoms with Crippen LogP contribution in [0.1, 0.15) is 6.42 Å². The zero-order valence-corrected chi connectivity index (χ0v) is 14.5. The fourth-order valence-corrected chi connectivity index (χ4v) is 1.26. The van der Waals surface area contributed by atoms with E-state index < -0.39 is 5.97 Å². The third-order valence-corrected chi connectivity index (χ3v) is 2.34. The second-order valence-corrected chi connectivity index (χ2v) is 4.57. The van der Waals surface area contributed by atoms with E-state index in [4.69, 9.17) is 24.3 Å². The SMILES string of the molecule is COOCCNO/C(Br)=C\ONCCOCCOCCC(=O)O. The maximum atomic E-state index is 10.2. The van der Waals surface area contributed by atoms with Crippen molar-refractivity contribution in [2.45, 2.75) is 6.42 Å². The van der Waals surface area contributed by atoms with Crippen LogP contribution in [0.15, 0.2) is 10.9 Å². The molecule has 0 heterocycles. The van der Waals surface area contributed by atoms with Crippen molar-refractivity contribution in [3.8, 4) is 0 Å². The molecule has 0 rings (SSSR count). The van der Waals surface area contributed by atoms with E-state index in [-0.39, 0.29) is 13.0 Å². The normalized spacial score (nSPS) is 11.5. The van der Waals surface area contributed by atoms with Gasteiger partial charge in [-0.05, 0) is 15.9 Å². The van der Waals surface area contributed by atoms with E-state index in [0.717, 1.165) is 0 Å². The molecule has 0 atom stereocenters. The van der Waals surface area contributed by atoms with E-state index in [9.17, 15) is 4.79 Å². The maximum absolute atomic E-state index is 10.2. The molecule has 0 spiro atoms. The average Bonchev–Trinajstić information content (AvgIpc) is 2.52. The van der Waals surface area contributed by atoms with Crippen molar-refractivity contribution in [1.29, 1.82) is 0 Å². The Morgan fingerprint density at radius 1 is 1.09 bits per heavy atom. The highest BCUT2D eigenvalue weighted by atomic mass is 79.9. The minimum atomic E-state index is -0.881. The second kappa shape index (κ2) is 17.4. The lowest BCUT2D eigenvalue weighted by Gasteiger charge is -2.07. The van der Waals surface area contributed by atoms with Gasteiger partial charge in [-0.15, -0.1) is 0 Å². The van der Waals surface area contributed by atoms with Crippen molar-refractivity contribution in [3.05, 3.63) is 10.9 Å². The standard InChI is InChI=1S/C12H23BrN2O8/c1-18-22-7-4-15-23-11(13)10-21-14-3-6-20-9-8-19-5-2-12(16)17/h10,14-15H,2-9H2,1H3,(H,16,17)/b11-10-. The van der Waals surface area contributed by atoms with Gasteiger partial charge in [-0.1, -0.05) is 0 Å². The first-order valence-electron chi connectivity index (χ1n) is 6.83. The van der Waals surface area contributed by atoms with Crippen molar-refractivity contribution in [1.82, 2.24) is 11.0 Å². The van der Waals surface area contributed by atoms with Crippen LogP contribution in [0.2, 0.25) is 0 Å². The summed E-state index contributed by atoms with van der Waals surface area (Å²) in [5, 5.41) is 8.39. The predicted octanol–water partition coefficient (Wildman–Crippen LogP) is 0.309. The molecule has 0 unspecified atom stereocenters. The molecule has 136 valence electrons. The topological polar surface area (TPSA) is 117 Å². The third-order valence-electron chi connectivity index (χ3n) is 1.99. The molecule has 0 radical (unpaired) electrons. The van der Waals surface area contributed by atoms with Gasteiger partial charge in [0.2, 0.25) is 4.67 Å². The highest BCUT2D eigenvalue weighted by Crippen LogP contribution is 2.03. The minimum absolute atomic E-state index is 0.00700. The zero-order chi connectivity index (χ0) is 17.2. The lowest BCUT2D eigenvalue weighted by molar-refractivity contribution is -0.272. The molecular formula is C12H23BrN2O8. The largest absolute Gasteiger partial charge is 0.481 e. The van der Waals surface area contributed by atoms with Crippen LogP contribution in [0.5, 0.6) is 0 Å². The first-order valence-corrected chi connectivity index (χ1v) is 7.63. The number of nitrogens with one attached hydrogen (secondary N) is 2. The Labute approximate surface area is 143 Å². The lowest BCUT2D eigenvalue weighted by atomic mass is 10.5. The Kier molecular flexibility index (Phi) is 16.7. The van der Waals surface area contributed by atoms with E-state index in [1.807, 2.05) is 0 Å². The Morgan fingerprint density at radius 2 is 1.78 bits per heavy atom. The van der Waals surface area contributed by atoms with Crippen molar-refractivity contribution < 1.29 is 38.8 Å². The van der Waals surface area contributed by atoms with Gasteiger partial charge in [0.15, 0.2) is 6.26 Å². The number of ether oxygens (including phenoxy) is 2. The quantitative estimate of drug-likeness (QED) is 0.136. The smallest absolute Gasteiger partial charge is 0.305 e. The van der Waals surface area contributed by atoms with Crippen molar-refractivity contribution in [2.24, 2.45) is 0 Å². The van der Waals surface area contributed by atoms with Crippen LogP contribution in [-0.2, 0) is 33.7 Å². The Morgan fingerprint density at radius 3 is 2.48 bits per heavy atom. The van der Waals surface area contributed by atoms with Crippen LogP contribution < -0.4 is 11.0 Å². The highest BCUT2D eigenvalue weighted by Gasteiger charge is 1.96. The minimum Gasteiger partial charge on any atom is -0.481 e. The summed E-state index contributed by atoms with van der Waals surface area (Å²) in [5.41, 5.74) is 5.25. The van der Waals surface area contributed by atoms with Crippen LogP contribution in [0.4, 0.5) is 0 Å². The summed E-state index contributed by atoms with van der Waals surface area (Å²) < 4.78 is 10.6. The molecule has 10 nitrogen and oxygen atoms in total. The van der Waals surface area contributed by atoms with Gasteiger partial charge in [0, 0.05) is 0 Å². The van der Waals surface area contributed by atoms with Crippen LogP contribution in [0.3, 0.4) is 0 Å². The third kappa shape index (κ3) is 19.0. The van der Waals surface area contributed by atoms with Gasteiger partial charge < -0.3 is 24.3 Å². The number of hydrogen-bond acceptors (Lipinski definition) is 9. The molecule has 0 bridgehead atoms. The van der Waals surface area contributed by atoms with Crippen LogP contribution in [-0.4, -0.2) is 64.3 Å². The Balaban J connectivity index is 3.24. The number of carboxylic acids is 1. The molecule has 11 heteroatoms. The molecule has 0 aliphatic carbocycles. The Bertz CT molecular complexity index is 319. The highest BCUT2D eigenvalue weighted by molar-refractivity contribution is 9.11. The van der Waals surface area contributed by atoms with Gasteiger partial charge in [-0.25, -0.2) is 9.78 Å². The van der Waals surface area contributed by atoms with Gasteiger partial charge in [0.05, 0.1) is 59.7 Å². The number of rotatable bonds is 17. The van der Waals surface area contributed by atoms with Crippen molar-refractivity contribution in [3.63, 3.8) is 0 Å². The zero-order valence-electron chi connectivity index (χ0n) is 12.9. The number of hydrogen-bond donors (Lipinski definition) is 3. The van der Waals surface area contributed by atoms with Crippen LogP contribution in [0.25, 0.3) is 0 Å². The lowest BCUT2D eigenvalue weighted by Crippen LogP contribution is -2.21. The summed E-state index contributed by atoms with van der Waals surface area (Å²) in [4.78, 5) is 29.3. The molecule has 0 amide bonds. The monoisotopic (exact) mass is 402 g/mol. The van der Waals surface area contributed by atoms with Gasteiger partial charge in [0.1, 0.15) is 0 Å². The van der Waals surface area contributed by atoms with E-state index in [0.29, 0.717) is 44.2 Å². The van der Waals surface area contributed by atoms with Crippen molar-refractivity contribution >= 4 is 21.9 Å². The number of carboxylic acid groups (broad SMARTS) is 1. The number of hydroxylamine groups is 2. The summed E-state index contributed by atoms with van der Waals surface area (Å²) in [6, 6.07) is 0. The summed E-state index contributed by atoms with van der Waals surface area (Å²) >= 11 is 3.13. The van der Waals surface area contributed by atoms with E-state index in [1.165, 1.54) is 13.4 Å². The summed E-state index contributed by atoms with van der Waals surface area (Å²) in [5.74, 6) is -0.881. The second-order valence-electron chi connectivity index (χ2n) is 3.79. The molecule has 0 aromatic rings. The molecule has 3 N–H and O–H groups in total. The molecule has 0 saturated heterocycles. The summed E-state index contributed by atoms with van der Waals surface area (Å²) in [6.07, 6.45) is 1.31. The molecule has 0 aromatic carbocycles.